The zero-order chi connectivity index (χ0) is 16.6. The number of thioether (sulfide) groups is 1. The highest BCUT2D eigenvalue weighted by Gasteiger charge is 2.15. The average molecular weight is 368 g/mol. The van der Waals surface area contributed by atoms with E-state index in [1.165, 1.54) is 34.3 Å². The molecule has 2 aromatic heterocycles. The second kappa shape index (κ2) is 6.63. The van der Waals surface area contributed by atoms with E-state index in [4.69, 9.17) is 11.6 Å². The Balaban J connectivity index is 1.81. The Morgan fingerprint density at radius 2 is 2.09 bits per heavy atom. The molecule has 2 heterocycles. The minimum absolute atomic E-state index is 0.326. The average Bonchev–Trinajstić information content (AvgIpc) is 3.02. The highest BCUT2D eigenvalue weighted by molar-refractivity contribution is 7.98. The van der Waals surface area contributed by atoms with Crippen LogP contribution < -0.4 is 0 Å². The highest BCUT2D eigenvalue weighted by Crippen LogP contribution is 2.32. The van der Waals surface area contributed by atoms with Crippen molar-refractivity contribution in [2.24, 2.45) is 7.05 Å². The second-order valence-electron chi connectivity index (χ2n) is 5.22. The summed E-state index contributed by atoms with van der Waals surface area (Å²) < 4.78 is 15.1. The summed E-state index contributed by atoms with van der Waals surface area (Å²) >= 11 is 9.32. The maximum absolute atomic E-state index is 13.1. The van der Waals surface area contributed by atoms with Crippen molar-refractivity contribution < 1.29 is 4.39 Å². The number of aryl methyl sites for hydroxylation is 1. The quantitative estimate of drug-likeness (QED) is 0.590. The van der Waals surface area contributed by atoms with Crippen molar-refractivity contribution in [3.05, 3.63) is 50.4 Å². The summed E-state index contributed by atoms with van der Waals surface area (Å²) in [6.07, 6.45) is 0. The molecule has 3 aromatic rings. The Morgan fingerprint density at radius 1 is 1.30 bits per heavy atom. The second-order valence-corrected chi connectivity index (χ2v) is 7.65. The van der Waals surface area contributed by atoms with Crippen LogP contribution >= 0.6 is 34.7 Å². The minimum Gasteiger partial charge on any atom is -0.305 e. The van der Waals surface area contributed by atoms with Gasteiger partial charge in [-0.25, -0.2) is 4.39 Å². The Bertz CT molecular complexity index is 857. The molecule has 1 aromatic carbocycles. The van der Waals surface area contributed by atoms with E-state index >= 15 is 0 Å². The standard InChI is InChI=1S/C16H15ClFN3S2/c1-9-10(2)22-8-13(9)15-19-20-16(21(15)3)23-7-11-4-5-12(18)6-14(11)17/h4-6,8H,7H2,1-3H3. The van der Waals surface area contributed by atoms with E-state index in [0.717, 1.165) is 22.1 Å². The van der Waals surface area contributed by atoms with Crippen LogP contribution in [0.25, 0.3) is 11.4 Å². The number of nitrogens with zero attached hydrogens (tertiary/aromatic N) is 3. The summed E-state index contributed by atoms with van der Waals surface area (Å²) in [7, 11) is 1.95. The van der Waals surface area contributed by atoms with Crippen molar-refractivity contribution in [1.29, 1.82) is 0 Å². The third-order valence-corrected chi connectivity index (χ3v) is 6.17. The summed E-state index contributed by atoms with van der Waals surface area (Å²) in [5.74, 6) is 1.15. The van der Waals surface area contributed by atoms with Crippen molar-refractivity contribution in [2.75, 3.05) is 0 Å². The zero-order valence-corrected chi connectivity index (χ0v) is 15.3. The lowest BCUT2D eigenvalue weighted by Gasteiger charge is -2.05. The SMILES string of the molecule is Cc1scc(-c2nnc(SCc3ccc(F)cc3Cl)n2C)c1C. The predicted octanol–water partition coefficient (Wildman–Crippen LogP) is 5.25. The number of benzene rings is 1. The predicted molar refractivity (Wildman–Crippen MR) is 94.8 cm³/mol. The molecule has 0 bridgehead atoms. The summed E-state index contributed by atoms with van der Waals surface area (Å²) in [5, 5.41) is 11.9. The Kier molecular flexibility index (Phi) is 4.75. The Hall–Kier alpha value is -1.37. The molecule has 0 aliphatic carbocycles. The van der Waals surface area contributed by atoms with Crippen LogP contribution in [0.1, 0.15) is 16.0 Å². The van der Waals surface area contributed by atoms with Crippen molar-refractivity contribution in [3.63, 3.8) is 0 Å². The lowest BCUT2D eigenvalue weighted by Crippen LogP contribution is -1.95. The lowest BCUT2D eigenvalue weighted by molar-refractivity contribution is 0.627. The van der Waals surface area contributed by atoms with Gasteiger partial charge in [0.05, 0.1) is 0 Å². The molecule has 0 aliphatic heterocycles. The molecular formula is C16H15ClFN3S2. The molecule has 120 valence electrons. The van der Waals surface area contributed by atoms with Crippen LogP contribution in [-0.4, -0.2) is 14.8 Å². The normalized spacial score (nSPS) is 11.2. The van der Waals surface area contributed by atoms with Gasteiger partial charge in [0.2, 0.25) is 0 Å². The van der Waals surface area contributed by atoms with Gasteiger partial charge in [-0.15, -0.1) is 21.5 Å². The van der Waals surface area contributed by atoms with Gasteiger partial charge in [-0.2, -0.15) is 0 Å². The molecule has 0 aliphatic rings. The van der Waals surface area contributed by atoms with Gasteiger partial charge in [0.15, 0.2) is 11.0 Å². The molecule has 3 rings (SSSR count). The van der Waals surface area contributed by atoms with E-state index in [1.807, 2.05) is 11.6 Å². The highest BCUT2D eigenvalue weighted by atomic mass is 35.5. The number of hydrogen-bond donors (Lipinski definition) is 0. The van der Waals surface area contributed by atoms with E-state index in [2.05, 4.69) is 29.4 Å². The van der Waals surface area contributed by atoms with Gasteiger partial charge in [0.25, 0.3) is 0 Å². The van der Waals surface area contributed by atoms with E-state index in [1.54, 1.807) is 17.4 Å². The third kappa shape index (κ3) is 3.29. The smallest absolute Gasteiger partial charge is 0.191 e. The first kappa shape index (κ1) is 16.5. The summed E-state index contributed by atoms with van der Waals surface area (Å²) in [5.41, 5.74) is 3.24. The minimum atomic E-state index is -0.326. The van der Waals surface area contributed by atoms with Gasteiger partial charge >= 0.3 is 0 Å². The van der Waals surface area contributed by atoms with Crippen LogP contribution in [0.15, 0.2) is 28.7 Å². The fourth-order valence-electron chi connectivity index (χ4n) is 2.19. The largest absolute Gasteiger partial charge is 0.305 e. The fraction of sp³-hybridized carbons (Fsp3) is 0.250. The van der Waals surface area contributed by atoms with E-state index in [0.29, 0.717) is 10.8 Å². The molecule has 0 amide bonds. The summed E-state index contributed by atoms with van der Waals surface area (Å²) in [4.78, 5) is 1.29. The van der Waals surface area contributed by atoms with Crippen LogP contribution in [0, 0.1) is 19.7 Å². The third-order valence-electron chi connectivity index (χ3n) is 3.73. The van der Waals surface area contributed by atoms with Crippen molar-refractivity contribution in [1.82, 2.24) is 14.8 Å². The van der Waals surface area contributed by atoms with Crippen molar-refractivity contribution in [3.8, 4) is 11.4 Å². The van der Waals surface area contributed by atoms with Gasteiger partial charge in [0, 0.05) is 33.6 Å². The van der Waals surface area contributed by atoms with E-state index in [-0.39, 0.29) is 5.82 Å². The first-order valence-electron chi connectivity index (χ1n) is 6.98. The molecule has 0 spiro atoms. The maximum atomic E-state index is 13.1. The summed E-state index contributed by atoms with van der Waals surface area (Å²) in [6.45, 7) is 4.20. The Morgan fingerprint density at radius 3 is 2.74 bits per heavy atom. The zero-order valence-electron chi connectivity index (χ0n) is 12.9. The Labute approximate surface area is 147 Å². The number of rotatable bonds is 4. The van der Waals surface area contributed by atoms with Crippen LogP contribution in [0.2, 0.25) is 5.02 Å². The number of thiophene rings is 1. The molecule has 0 fully saturated rings. The first-order chi connectivity index (χ1) is 11.0. The van der Waals surface area contributed by atoms with Gasteiger partial charge in [-0.1, -0.05) is 29.4 Å². The molecule has 0 radical (unpaired) electrons. The molecule has 3 nitrogen and oxygen atoms in total. The van der Waals surface area contributed by atoms with Crippen molar-refractivity contribution in [2.45, 2.75) is 24.8 Å². The maximum Gasteiger partial charge on any atom is 0.191 e. The van der Waals surface area contributed by atoms with Crippen LogP contribution in [0.4, 0.5) is 4.39 Å². The van der Waals surface area contributed by atoms with Gasteiger partial charge in [-0.05, 0) is 37.1 Å². The van der Waals surface area contributed by atoms with Gasteiger partial charge in [0.1, 0.15) is 5.82 Å². The number of halogens is 2. The van der Waals surface area contributed by atoms with Crippen LogP contribution in [0.5, 0.6) is 0 Å². The number of hydrogen-bond acceptors (Lipinski definition) is 4. The molecule has 0 saturated carbocycles. The lowest BCUT2D eigenvalue weighted by atomic mass is 10.2. The van der Waals surface area contributed by atoms with Crippen LogP contribution in [0.3, 0.4) is 0 Å². The molecule has 0 unspecified atom stereocenters. The van der Waals surface area contributed by atoms with Crippen LogP contribution in [-0.2, 0) is 12.8 Å². The van der Waals surface area contributed by atoms with Gasteiger partial charge < -0.3 is 4.57 Å². The topological polar surface area (TPSA) is 30.7 Å². The molecule has 0 atom stereocenters. The van der Waals surface area contributed by atoms with E-state index < -0.39 is 0 Å². The first-order valence-corrected chi connectivity index (χ1v) is 9.23. The molecule has 7 heteroatoms. The monoisotopic (exact) mass is 367 g/mol. The summed E-state index contributed by atoms with van der Waals surface area (Å²) in [6, 6.07) is 4.45. The fourth-order valence-corrected chi connectivity index (χ4v) is 4.28. The van der Waals surface area contributed by atoms with Gasteiger partial charge in [-0.3, -0.25) is 0 Å². The number of aromatic nitrogens is 3. The molecule has 0 N–H and O–H groups in total. The van der Waals surface area contributed by atoms with Crippen molar-refractivity contribution >= 4 is 34.7 Å². The van der Waals surface area contributed by atoms with E-state index in [9.17, 15) is 4.39 Å². The molecule has 0 saturated heterocycles. The molecular weight excluding hydrogens is 353 g/mol. The molecule has 23 heavy (non-hydrogen) atoms.